The van der Waals surface area contributed by atoms with E-state index in [1.807, 2.05) is 19.1 Å². The normalized spacial score (nSPS) is 12.6. The summed E-state index contributed by atoms with van der Waals surface area (Å²) in [7, 11) is 0. The van der Waals surface area contributed by atoms with Gasteiger partial charge in [-0.15, -0.1) is 0 Å². The number of amides is 1. The lowest BCUT2D eigenvalue weighted by molar-refractivity contribution is -0.115. The fraction of sp³-hybridized carbons (Fsp3) is 0.263. The number of rotatable bonds is 4. The maximum atomic E-state index is 12.3. The quantitative estimate of drug-likeness (QED) is 0.877. The summed E-state index contributed by atoms with van der Waals surface area (Å²) in [4.78, 5) is 23.7. The maximum Gasteiger partial charge on any atom is 0.228 e. The topological polar surface area (TPSA) is 64.6 Å². The molecule has 0 fully saturated rings. The lowest BCUT2D eigenvalue weighted by atomic mass is 10.0. The second kappa shape index (κ2) is 6.74. The second-order valence-corrected chi connectivity index (χ2v) is 5.78. The molecule has 24 heavy (non-hydrogen) atoms. The number of Topliss-reactive ketones (excluding diaryl/α,β-unsaturated/α-hetero) is 1. The number of carbonyl (C=O) groups excluding carboxylic acids is 2. The molecule has 0 spiro atoms. The number of hydrogen-bond acceptors (Lipinski definition) is 4. The van der Waals surface area contributed by atoms with E-state index in [-0.39, 0.29) is 18.1 Å². The van der Waals surface area contributed by atoms with Crippen LogP contribution in [-0.4, -0.2) is 24.9 Å². The Hall–Kier alpha value is -2.82. The summed E-state index contributed by atoms with van der Waals surface area (Å²) in [6.07, 6.45) is 0.229. The van der Waals surface area contributed by atoms with Gasteiger partial charge in [0.1, 0.15) is 13.2 Å². The molecule has 0 unspecified atom stereocenters. The van der Waals surface area contributed by atoms with Crippen LogP contribution in [0.25, 0.3) is 0 Å². The van der Waals surface area contributed by atoms with Crippen LogP contribution in [0.2, 0.25) is 0 Å². The van der Waals surface area contributed by atoms with E-state index in [4.69, 9.17) is 9.47 Å². The van der Waals surface area contributed by atoms with Crippen LogP contribution >= 0.6 is 0 Å². The minimum absolute atomic E-state index is 0.0335. The van der Waals surface area contributed by atoms with Crippen LogP contribution in [-0.2, 0) is 11.2 Å². The van der Waals surface area contributed by atoms with Crippen molar-refractivity contribution in [2.75, 3.05) is 18.5 Å². The molecule has 0 atom stereocenters. The van der Waals surface area contributed by atoms with Crippen LogP contribution in [0.1, 0.15) is 28.4 Å². The molecule has 1 aliphatic heterocycles. The Morgan fingerprint density at radius 3 is 2.50 bits per heavy atom. The van der Waals surface area contributed by atoms with Crippen LogP contribution in [0.3, 0.4) is 0 Å². The summed E-state index contributed by atoms with van der Waals surface area (Å²) in [6.45, 7) is 4.50. The van der Waals surface area contributed by atoms with Gasteiger partial charge in [-0.25, -0.2) is 0 Å². The van der Waals surface area contributed by atoms with E-state index < -0.39 is 0 Å². The van der Waals surface area contributed by atoms with Gasteiger partial charge in [0.25, 0.3) is 0 Å². The molecule has 0 saturated carbocycles. The van der Waals surface area contributed by atoms with Gasteiger partial charge < -0.3 is 14.8 Å². The van der Waals surface area contributed by atoms with E-state index in [0.717, 1.165) is 16.9 Å². The molecule has 5 heteroatoms. The zero-order chi connectivity index (χ0) is 17.1. The van der Waals surface area contributed by atoms with Crippen LogP contribution in [0.4, 0.5) is 5.69 Å². The fourth-order valence-corrected chi connectivity index (χ4v) is 2.62. The Morgan fingerprint density at radius 2 is 1.79 bits per heavy atom. The number of nitrogens with one attached hydrogen (secondary N) is 1. The lowest BCUT2D eigenvalue weighted by Crippen LogP contribution is -2.18. The molecular weight excluding hydrogens is 306 g/mol. The number of ketones is 1. The summed E-state index contributed by atoms with van der Waals surface area (Å²) in [5.74, 6) is 1.22. The van der Waals surface area contributed by atoms with Gasteiger partial charge in [-0.05, 0) is 49.2 Å². The molecule has 0 aliphatic carbocycles. The Kier molecular flexibility index (Phi) is 4.51. The first-order valence-electron chi connectivity index (χ1n) is 7.83. The van der Waals surface area contributed by atoms with Crippen molar-refractivity contribution in [1.29, 1.82) is 0 Å². The first-order valence-corrected chi connectivity index (χ1v) is 7.83. The minimum Gasteiger partial charge on any atom is -0.486 e. The largest absolute Gasteiger partial charge is 0.486 e. The number of anilines is 1. The van der Waals surface area contributed by atoms with E-state index in [1.165, 1.54) is 6.92 Å². The fourth-order valence-electron chi connectivity index (χ4n) is 2.62. The van der Waals surface area contributed by atoms with Crippen molar-refractivity contribution in [2.24, 2.45) is 0 Å². The monoisotopic (exact) mass is 325 g/mol. The van der Waals surface area contributed by atoms with Gasteiger partial charge in [0, 0.05) is 11.3 Å². The van der Waals surface area contributed by atoms with Gasteiger partial charge in [0.15, 0.2) is 17.3 Å². The molecule has 1 N–H and O–H groups in total. The first-order chi connectivity index (χ1) is 11.5. The van der Waals surface area contributed by atoms with Crippen LogP contribution < -0.4 is 14.8 Å². The number of fused-ring (bicyclic) bond motifs is 1. The molecule has 1 aliphatic rings. The standard InChI is InChI=1S/C19H19NO4/c1-12-8-17-18(24-7-6-23-17)10-15(12)11-19(22)20-16-5-3-4-14(9-16)13(2)21/h3-5,8-10H,6-7,11H2,1-2H3,(H,20,22). The highest BCUT2D eigenvalue weighted by Gasteiger charge is 2.16. The smallest absolute Gasteiger partial charge is 0.228 e. The molecule has 1 amide bonds. The van der Waals surface area contributed by atoms with E-state index in [2.05, 4.69) is 5.32 Å². The van der Waals surface area contributed by atoms with Gasteiger partial charge in [-0.2, -0.15) is 0 Å². The van der Waals surface area contributed by atoms with E-state index >= 15 is 0 Å². The van der Waals surface area contributed by atoms with Crippen LogP contribution in [0.5, 0.6) is 11.5 Å². The molecule has 0 aromatic heterocycles. The Labute approximate surface area is 140 Å². The Bertz CT molecular complexity index is 798. The summed E-state index contributed by atoms with van der Waals surface area (Å²) in [6, 6.07) is 10.7. The van der Waals surface area contributed by atoms with Gasteiger partial charge >= 0.3 is 0 Å². The average molecular weight is 325 g/mol. The number of benzene rings is 2. The number of hydrogen-bond donors (Lipinski definition) is 1. The molecule has 0 radical (unpaired) electrons. The van der Waals surface area contributed by atoms with Crippen LogP contribution in [0, 0.1) is 6.92 Å². The van der Waals surface area contributed by atoms with Crippen molar-refractivity contribution in [3.8, 4) is 11.5 Å². The van der Waals surface area contributed by atoms with Crippen molar-refractivity contribution < 1.29 is 19.1 Å². The second-order valence-electron chi connectivity index (χ2n) is 5.78. The summed E-state index contributed by atoms with van der Waals surface area (Å²) >= 11 is 0. The van der Waals surface area contributed by atoms with Gasteiger partial charge in [0.05, 0.1) is 6.42 Å². The van der Waals surface area contributed by atoms with Gasteiger partial charge in [-0.1, -0.05) is 12.1 Å². The summed E-state index contributed by atoms with van der Waals surface area (Å²) < 4.78 is 11.1. The molecule has 0 saturated heterocycles. The zero-order valence-electron chi connectivity index (χ0n) is 13.7. The number of ether oxygens (including phenoxy) is 2. The first kappa shape index (κ1) is 16.1. The molecule has 1 heterocycles. The SMILES string of the molecule is CC(=O)c1cccc(NC(=O)Cc2cc3c(cc2C)OCCO3)c1. The third kappa shape index (κ3) is 3.56. The third-order valence-electron chi connectivity index (χ3n) is 3.90. The van der Waals surface area contributed by atoms with E-state index in [1.54, 1.807) is 24.3 Å². The van der Waals surface area contributed by atoms with Gasteiger partial charge in [0.2, 0.25) is 5.91 Å². The van der Waals surface area contributed by atoms with E-state index in [9.17, 15) is 9.59 Å². The van der Waals surface area contributed by atoms with Crippen LogP contribution in [0.15, 0.2) is 36.4 Å². The molecule has 124 valence electrons. The number of carbonyl (C=O) groups is 2. The highest BCUT2D eigenvalue weighted by atomic mass is 16.6. The number of aryl methyl sites for hydroxylation is 1. The van der Waals surface area contributed by atoms with Crippen molar-refractivity contribution in [2.45, 2.75) is 20.3 Å². The van der Waals surface area contributed by atoms with E-state index in [0.29, 0.717) is 30.2 Å². The third-order valence-corrected chi connectivity index (χ3v) is 3.90. The van der Waals surface area contributed by atoms with Crippen molar-refractivity contribution in [3.05, 3.63) is 53.1 Å². The van der Waals surface area contributed by atoms with Crippen molar-refractivity contribution in [1.82, 2.24) is 0 Å². The van der Waals surface area contributed by atoms with Gasteiger partial charge in [-0.3, -0.25) is 9.59 Å². The summed E-state index contributed by atoms with van der Waals surface area (Å²) in [5.41, 5.74) is 3.05. The maximum absolute atomic E-state index is 12.3. The van der Waals surface area contributed by atoms with Crippen molar-refractivity contribution in [3.63, 3.8) is 0 Å². The Balaban J connectivity index is 1.73. The molecule has 2 aromatic rings. The molecular formula is C19H19NO4. The minimum atomic E-state index is -0.143. The lowest BCUT2D eigenvalue weighted by Gasteiger charge is -2.20. The predicted molar refractivity (Wildman–Crippen MR) is 90.9 cm³/mol. The molecule has 5 nitrogen and oxygen atoms in total. The Morgan fingerprint density at radius 1 is 1.08 bits per heavy atom. The molecule has 2 aromatic carbocycles. The molecule has 0 bridgehead atoms. The highest BCUT2D eigenvalue weighted by Crippen LogP contribution is 2.33. The predicted octanol–water partition coefficient (Wildman–Crippen LogP) is 3.15. The zero-order valence-corrected chi connectivity index (χ0v) is 13.7. The van der Waals surface area contributed by atoms with Crippen molar-refractivity contribution >= 4 is 17.4 Å². The highest BCUT2D eigenvalue weighted by molar-refractivity contribution is 5.97. The molecule has 3 rings (SSSR count). The summed E-state index contributed by atoms with van der Waals surface area (Å²) in [5, 5.41) is 2.83. The average Bonchev–Trinajstić information content (AvgIpc) is 2.55.